The quantitative estimate of drug-likeness (QED) is 0.452. The first-order valence-electron chi connectivity index (χ1n) is 9.98. The number of amides is 2. The van der Waals surface area contributed by atoms with E-state index in [1.807, 2.05) is 12.1 Å². The zero-order chi connectivity index (χ0) is 23.9. The van der Waals surface area contributed by atoms with Crippen molar-refractivity contribution in [2.45, 2.75) is 11.4 Å². The molecule has 0 unspecified atom stereocenters. The van der Waals surface area contributed by atoms with Crippen LogP contribution in [-0.4, -0.2) is 29.2 Å². The Morgan fingerprint density at radius 1 is 1.18 bits per heavy atom. The molecule has 1 aliphatic rings. The Kier molecular flexibility index (Phi) is 5.24. The second-order valence-electron chi connectivity index (χ2n) is 7.36. The molecule has 0 spiro atoms. The van der Waals surface area contributed by atoms with Crippen molar-refractivity contribution in [3.63, 3.8) is 0 Å². The summed E-state index contributed by atoms with van der Waals surface area (Å²) in [5, 5.41) is 15.0. The number of fused-ring (bicyclic) bond motifs is 2. The van der Waals surface area contributed by atoms with Crippen LogP contribution in [0, 0.1) is 11.3 Å². The van der Waals surface area contributed by atoms with Gasteiger partial charge in [0.05, 0.1) is 23.9 Å². The van der Waals surface area contributed by atoms with Gasteiger partial charge < -0.3 is 10.6 Å². The van der Waals surface area contributed by atoms with E-state index in [9.17, 15) is 18.0 Å². The summed E-state index contributed by atoms with van der Waals surface area (Å²) in [6.07, 6.45) is 2.97. The molecular formula is C23H15N5O4S2. The molecule has 4 aromatic rings. The molecule has 2 aromatic heterocycles. The zero-order valence-electron chi connectivity index (χ0n) is 17.3. The summed E-state index contributed by atoms with van der Waals surface area (Å²) >= 11 is 1.41. The summed E-state index contributed by atoms with van der Waals surface area (Å²) in [5.41, 5.74) is 1.67. The lowest BCUT2D eigenvalue weighted by molar-refractivity contribution is 0.0949. The number of thiazole rings is 1. The Morgan fingerprint density at radius 2 is 1.97 bits per heavy atom. The number of hydrogen-bond acceptors (Lipinski definition) is 7. The fraction of sp³-hybridized carbons (Fsp3) is 0.0435. The maximum Gasteiger partial charge on any atom is 0.273 e. The largest absolute Gasteiger partial charge is 0.347 e. The molecule has 0 bridgehead atoms. The highest BCUT2D eigenvalue weighted by Gasteiger charge is 2.30. The van der Waals surface area contributed by atoms with Crippen molar-refractivity contribution in [3.05, 3.63) is 88.7 Å². The van der Waals surface area contributed by atoms with E-state index in [1.54, 1.807) is 18.3 Å². The van der Waals surface area contributed by atoms with Gasteiger partial charge in [0.1, 0.15) is 15.6 Å². The first-order chi connectivity index (χ1) is 16.4. The summed E-state index contributed by atoms with van der Waals surface area (Å²) in [5.74, 6) is -1.00. The zero-order valence-corrected chi connectivity index (χ0v) is 19.0. The Bertz CT molecular complexity index is 1590. The number of hydrogen-bond donors (Lipinski definition) is 2. The molecule has 3 heterocycles. The van der Waals surface area contributed by atoms with Crippen LogP contribution in [0.15, 0.2) is 71.9 Å². The Labute approximate surface area is 198 Å². The molecule has 0 atom stereocenters. The molecule has 0 saturated heterocycles. The van der Waals surface area contributed by atoms with E-state index in [0.717, 1.165) is 19.4 Å². The lowest BCUT2D eigenvalue weighted by atomic mass is 10.1. The van der Waals surface area contributed by atoms with Crippen LogP contribution in [0.1, 0.15) is 31.3 Å². The van der Waals surface area contributed by atoms with E-state index >= 15 is 0 Å². The van der Waals surface area contributed by atoms with Crippen LogP contribution < -0.4 is 10.6 Å². The maximum absolute atomic E-state index is 12.9. The smallest absolute Gasteiger partial charge is 0.273 e. The molecule has 2 aromatic carbocycles. The van der Waals surface area contributed by atoms with Gasteiger partial charge in [0.2, 0.25) is 0 Å². The van der Waals surface area contributed by atoms with Crippen LogP contribution in [0.5, 0.6) is 0 Å². The average molecular weight is 490 g/mol. The molecular weight excluding hydrogens is 474 g/mol. The van der Waals surface area contributed by atoms with Crippen LogP contribution in [-0.2, 0) is 16.6 Å². The molecule has 9 nitrogen and oxygen atoms in total. The van der Waals surface area contributed by atoms with Gasteiger partial charge in [-0.1, -0.05) is 12.1 Å². The van der Waals surface area contributed by atoms with Gasteiger partial charge in [-0.15, -0.1) is 11.3 Å². The van der Waals surface area contributed by atoms with Crippen LogP contribution in [0.2, 0.25) is 0 Å². The van der Waals surface area contributed by atoms with Gasteiger partial charge in [0.15, 0.2) is 0 Å². The van der Waals surface area contributed by atoms with Crippen molar-refractivity contribution in [2.24, 2.45) is 0 Å². The van der Waals surface area contributed by atoms with E-state index in [2.05, 4.69) is 21.7 Å². The highest BCUT2D eigenvalue weighted by atomic mass is 32.2. The summed E-state index contributed by atoms with van der Waals surface area (Å²) < 4.78 is 26.8. The first-order valence-corrected chi connectivity index (χ1v) is 12.2. The monoisotopic (exact) mass is 489 g/mol. The number of anilines is 1. The number of nitrogens with one attached hydrogen (secondary N) is 2. The van der Waals surface area contributed by atoms with Gasteiger partial charge in [-0.3, -0.25) is 9.59 Å². The molecule has 0 fully saturated rings. The topological polar surface area (TPSA) is 134 Å². The van der Waals surface area contributed by atoms with E-state index in [-0.39, 0.29) is 28.4 Å². The van der Waals surface area contributed by atoms with Gasteiger partial charge in [-0.2, -0.15) is 5.26 Å². The van der Waals surface area contributed by atoms with E-state index in [4.69, 9.17) is 5.26 Å². The molecule has 11 heteroatoms. The first kappa shape index (κ1) is 21.6. The van der Waals surface area contributed by atoms with Gasteiger partial charge in [0, 0.05) is 28.4 Å². The lowest BCUT2D eigenvalue weighted by Crippen LogP contribution is -2.22. The van der Waals surface area contributed by atoms with Crippen LogP contribution >= 0.6 is 11.3 Å². The van der Waals surface area contributed by atoms with Gasteiger partial charge >= 0.3 is 0 Å². The molecule has 34 heavy (non-hydrogen) atoms. The predicted octanol–water partition coefficient (Wildman–Crippen LogP) is 3.22. The molecule has 168 valence electrons. The maximum atomic E-state index is 12.9. The van der Waals surface area contributed by atoms with Gasteiger partial charge in [-0.05, 0) is 42.5 Å². The molecule has 0 aliphatic carbocycles. The SMILES string of the molecule is N#Cc1ccc(-c2ncc(CNC(=O)c3ccc4c(c3)NC(=O)c3cccn3S4(=O)=O)s2)cc1. The molecule has 0 radical (unpaired) electrons. The molecule has 5 rings (SSSR count). The Hall–Kier alpha value is -4.27. The summed E-state index contributed by atoms with van der Waals surface area (Å²) in [7, 11) is -3.98. The number of carbonyl (C=O) groups excluding carboxylic acids is 2. The predicted molar refractivity (Wildman–Crippen MR) is 125 cm³/mol. The minimum absolute atomic E-state index is 0.00883. The average Bonchev–Trinajstić information content (AvgIpc) is 3.51. The van der Waals surface area contributed by atoms with Crippen LogP contribution in [0.4, 0.5) is 5.69 Å². The normalized spacial score (nSPS) is 13.7. The molecule has 1 aliphatic heterocycles. The number of nitriles is 1. The van der Waals surface area contributed by atoms with Crippen LogP contribution in [0.25, 0.3) is 10.6 Å². The van der Waals surface area contributed by atoms with E-state index in [1.165, 1.54) is 47.9 Å². The van der Waals surface area contributed by atoms with Gasteiger partial charge in [0.25, 0.3) is 21.8 Å². The van der Waals surface area contributed by atoms with E-state index in [0.29, 0.717) is 5.56 Å². The second kappa shape index (κ2) is 8.26. The van der Waals surface area contributed by atoms with Gasteiger partial charge in [-0.25, -0.2) is 17.4 Å². The van der Waals surface area contributed by atoms with Crippen molar-refractivity contribution >= 4 is 38.9 Å². The number of carbonyl (C=O) groups is 2. The highest BCUT2D eigenvalue weighted by Crippen LogP contribution is 2.30. The third-order valence-electron chi connectivity index (χ3n) is 5.21. The fourth-order valence-corrected chi connectivity index (χ4v) is 5.85. The van der Waals surface area contributed by atoms with Crippen molar-refractivity contribution < 1.29 is 18.0 Å². The Balaban J connectivity index is 1.33. The number of rotatable bonds is 4. The van der Waals surface area contributed by atoms with Crippen LogP contribution in [0.3, 0.4) is 0 Å². The van der Waals surface area contributed by atoms with Crippen molar-refractivity contribution in [2.75, 3.05) is 5.32 Å². The molecule has 0 saturated carbocycles. The minimum Gasteiger partial charge on any atom is -0.347 e. The number of benzene rings is 2. The second-order valence-corrected chi connectivity index (χ2v) is 10.3. The van der Waals surface area contributed by atoms with Crippen molar-refractivity contribution in [1.82, 2.24) is 14.3 Å². The number of aromatic nitrogens is 2. The number of nitrogens with zero attached hydrogens (tertiary/aromatic N) is 3. The fourth-order valence-electron chi connectivity index (χ4n) is 3.52. The summed E-state index contributed by atoms with van der Waals surface area (Å²) in [6, 6.07) is 16.1. The van der Waals surface area contributed by atoms with Crippen molar-refractivity contribution in [3.8, 4) is 16.6 Å². The summed E-state index contributed by atoms with van der Waals surface area (Å²) in [4.78, 5) is 30.3. The summed E-state index contributed by atoms with van der Waals surface area (Å²) in [6.45, 7) is 0.222. The molecule has 2 amide bonds. The Morgan fingerprint density at radius 3 is 2.74 bits per heavy atom. The van der Waals surface area contributed by atoms with E-state index < -0.39 is 21.8 Å². The lowest BCUT2D eigenvalue weighted by Gasteiger charge is -2.10. The highest BCUT2D eigenvalue weighted by molar-refractivity contribution is 7.90. The standard InChI is InChI=1S/C23H15N5O4S2/c24-11-14-3-5-15(6-4-14)23-26-13-17(33-23)12-25-21(29)16-7-8-20-18(10-16)27-22(30)19-2-1-9-28(19)34(20,31)32/h1-10,13H,12H2,(H,25,29)(H,27,30). The molecule has 2 N–H and O–H groups in total. The minimum atomic E-state index is -3.98. The van der Waals surface area contributed by atoms with Crippen molar-refractivity contribution in [1.29, 1.82) is 5.26 Å². The third-order valence-corrected chi connectivity index (χ3v) is 8.00. The third kappa shape index (κ3) is 3.75.